The van der Waals surface area contributed by atoms with Crippen molar-refractivity contribution in [3.63, 3.8) is 0 Å². The number of nitrogens with zero attached hydrogens (tertiary/aromatic N) is 1. The Kier molecular flexibility index (Phi) is 3.88. The average molecular weight is 373 g/mol. The third-order valence-corrected chi connectivity index (χ3v) is 4.85. The number of hydrogen-bond donors (Lipinski definition) is 0. The third-order valence-electron chi connectivity index (χ3n) is 3.89. The van der Waals surface area contributed by atoms with E-state index in [0.29, 0.717) is 34.9 Å². The van der Waals surface area contributed by atoms with E-state index in [0.717, 1.165) is 23.8 Å². The van der Waals surface area contributed by atoms with Crippen LogP contribution >= 0.6 is 27.5 Å². The van der Waals surface area contributed by atoms with Crippen LogP contribution in [0.1, 0.15) is 31.2 Å². The Balaban J connectivity index is 2.06. The molecule has 1 aliphatic carbocycles. The van der Waals surface area contributed by atoms with E-state index in [1.807, 2.05) is 0 Å². The molecule has 0 spiro atoms. The first kappa shape index (κ1) is 14.7. The zero-order valence-corrected chi connectivity index (χ0v) is 13.4. The number of halogens is 3. The number of benzene rings is 1. The zero-order chi connectivity index (χ0) is 15.1. The van der Waals surface area contributed by atoms with Gasteiger partial charge in [0.15, 0.2) is 0 Å². The minimum absolute atomic E-state index is 0.0155. The number of anilines is 1. The summed E-state index contributed by atoms with van der Waals surface area (Å²) in [7, 11) is 0. The molecule has 0 atom stereocenters. The van der Waals surface area contributed by atoms with Gasteiger partial charge in [-0.2, -0.15) is 0 Å². The number of alkyl halides is 1. The van der Waals surface area contributed by atoms with Gasteiger partial charge in [-0.05, 0) is 43.4 Å². The summed E-state index contributed by atoms with van der Waals surface area (Å²) in [5.74, 6) is -1.45. The predicted octanol–water partition coefficient (Wildman–Crippen LogP) is 4.12. The summed E-state index contributed by atoms with van der Waals surface area (Å²) in [5, 5.41) is 0.688. The van der Waals surface area contributed by atoms with Crippen molar-refractivity contribution in [2.24, 2.45) is 0 Å². The third kappa shape index (κ3) is 2.32. The molecule has 6 heteroatoms. The molecule has 0 aromatic heterocycles. The van der Waals surface area contributed by atoms with Gasteiger partial charge in [-0.1, -0.05) is 27.5 Å². The lowest BCUT2D eigenvalue weighted by atomic mass is 9.93. The number of carbonyl (C=O) groups excluding carboxylic acids is 2. The minimum atomic E-state index is -0.661. The van der Waals surface area contributed by atoms with Crippen molar-refractivity contribution in [2.45, 2.75) is 31.0 Å². The first-order valence-electron chi connectivity index (χ1n) is 6.69. The van der Waals surface area contributed by atoms with Gasteiger partial charge in [0.1, 0.15) is 5.82 Å². The van der Waals surface area contributed by atoms with Gasteiger partial charge in [0.2, 0.25) is 0 Å². The smallest absolute Gasteiger partial charge is 0.261 e. The molecule has 1 aliphatic heterocycles. The molecule has 1 aromatic carbocycles. The van der Waals surface area contributed by atoms with E-state index >= 15 is 0 Å². The molecule has 0 radical (unpaired) electrons. The predicted molar refractivity (Wildman–Crippen MR) is 82.0 cm³/mol. The molecule has 0 fully saturated rings. The molecular formula is C15H12BrClFNO2. The minimum Gasteiger partial charge on any atom is -0.269 e. The maximum absolute atomic E-state index is 14.2. The van der Waals surface area contributed by atoms with Crippen LogP contribution < -0.4 is 4.90 Å². The molecule has 1 aromatic rings. The number of amides is 2. The first-order chi connectivity index (χ1) is 10.0. The van der Waals surface area contributed by atoms with E-state index in [1.54, 1.807) is 0 Å². The van der Waals surface area contributed by atoms with Crippen LogP contribution in [0.15, 0.2) is 23.3 Å². The standard InChI is InChI=1S/C15H12BrClFNO2/c16-7-8-5-13(12(18)6-11(8)17)19-14(20)9-3-1-2-4-10(9)15(19)21/h5-6H,1-4,7H2. The van der Waals surface area contributed by atoms with Gasteiger partial charge in [-0.25, -0.2) is 9.29 Å². The highest BCUT2D eigenvalue weighted by molar-refractivity contribution is 9.08. The van der Waals surface area contributed by atoms with Gasteiger partial charge in [-0.15, -0.1) is 0 Å². The van der Waals surface area contributed by atoms with Crippen molar-refractivity contribution in [2.75, 3.05) is 4.90 Å². The van der Waals surface area contributed by atoms with Gasteiger partial charge in [0.25, 0.3) is 11.8 Å². The topological polar surface area (TPSA) is 37.4 Å². The molecule has 2 aliphatic rings. The van der Waals surface area contributed by atoms with Gasteiger partial charge >= 0.3 is 0 Å². The SMILES string of the molecule is O=C1C2=C(CCCC2)C(=O)N1c1cc(CBr)c(Cl)cc1F. The number of rotatable bonds is 2. The van der Waals surface area contributed by atoms with E-state index in [9.17, 15) is 14.0 Å². The Morgan fingerprint density at radius 3 is 2.24 bits per heavy atom. The Labute approximate surface area is 134 Å². The zero-order valence-electron chi connectivity index (χ0n) is 11.1. The Bertz CT molecular complexity index is 658. The van der Waals surface area contributed by atoms with Gasteiger partial charge < -0.3 is 0 Å². The molecule has 1 heterocycles. The summed E-state index contributed by atoms with van der Waals surface area (Å²) in [6.07, 6.45) is 2.97. The fourth-order valence-electron chi connectivity index (χ4n) is 2.81. The van der Waals surface area contributed by atoms with Crippen LogP contribution in [0.5, 0.6) is 0 Å². The van der Waals surface area contributed by atoms with E-state index < -0.39 is 17.6 Å². The molecule has 21 heavy (non-hydrogen) atoms. The molecule has 0 saturated heterocycles. The van der Waals surface area contributed by atoms with Crippen LogP contribution in [-0.4, -0.2) is 11.8 Å². The van der Waals surface area contributed by atoms with Crippen LogP contribution in [0.4, 0.5) is 10.1 Å². The number of hydrogen-bond acceptors (Lipinski definition) is 2. The van der Waals surface area contributed by atoms with Crippen LogP contribution in [0, 0.1) is 5.82 Å². The summed E-state index contributed by atoms with van der Waals surface area (Å²) in [6, 6.07) is 2.60. The molecule has 3 nitrogen and oxygen atoms in total. The van der Waals surface area contributed by atoms with Crippen LogP contribution in [0.2, 0.25) is 5.02 Å². The lowest BCUT2D eigenvalue weighted by molar-refractivity contribution is -0.120. The van der Waals surface area contributed by atoms with Crippen molar-refractivity contribution in [3.8, 4) is 0 Å². The van der Waals surface area contributed by atoms with Crippen LogP contribution in [0.3, 0.4) is 0 Å². The lowest BCUT2D eigenvalue weighted by Crippen LogP contribution is -2.32. The fraction of sp³-hybridized carbons (Fsp3) is 0.333. The summed E-state index contributed by atoms with van der Waals surface area (Å²) in [6.45, 7) is 0. The second-order valence-corrected chi connectivity index (χ2v) is 6.11. The highest BCUT2D eigenvalue weighted by Gasteiger charge is 2.40. The highest BCUT2D eigenvalue weighted by atomic mass is 79.9. The second-order valence-electron chi connectivity index (χ2n) is 5.14. The average Bonchev–Trinajstić information content (AvgIpc) is 2.72. The highest BCUT2D eigenvalue weighted by Crippen LogP contribution is 2.38. The normalized spacial score (nSPS) is 18.5. The molecule has 0 saturated carbocycles. The number of imide groups is 1. The second kappa shape index (κ2) is 5.54. The van der Waals surface area contributed by atoms with Gasteiger partial charge in [-0.3, -0.25) is 9.59 Å². The summed E-state index contributed by atoms with van der Waals surface area (Å²) in [4.78, 5) is 25.8. The summed E-state index contributed by atoms with van der Waals surface area (Å²) >= 11 is 9.20. The van der Waals surface area contributed by atoms with E-state index in [1.165, 1.54) is 6.07 Å². The van der Waals surface area contributed by atoms with E-state index in [2.05, 4.69) is 15.9 Å². The maximum Gasteiger partial charge on any atom is 0.261 e. The molecule has 2 amide bonds. The quantitative estimate of drug-likeness (QED) is 0.578. The molecular weight excluding hydrogens is 361 g/mol. The summed E-state index contributed by atoms with van der Waals surface area (Å²) < 4.78 is 14.2. The monoisotopic (exact) mass is 371 g/mol. The van der Waals surface area contributed by atoms with E-state index in [-0.39, 0.29) is 10.7 Å². The van der Waals surface area contributed by atoms with Gasteiger partial charge in [0.05, 0.1) is 5.69 Å². The Morgan fingerprint density at radius 1 is 1.14 bits per heavy atom. The van der Waals surface area contributed by atoms with Gasteiger partial charge in [0, 0.05) is 21.5 Å². The van der Waals surface area contributed by atoms with Crippen molar-refractivity contribution in [1.82, 2.24) is 0 Å². The fourth-order valence-corrected chi connectivity index (χ4v) is 3.66. The van der Waals surface area contributed by atoms with Crippen LogP contribution in [-0.2, 0) is 14.9 Å². The largest absolute Gasteiger partial charge is 0.269 e. The van der Waals surface area contributed by atoms with Crippen molar-refractivity contribution in [3.05, 3.63) is 39.7 Å². The Morgan fingerprint density at radius 2 is 1.71 bits per heavy atom. The Hall–Kier alpha value is -1.20. The molecule has 3 rings (SSSR count). The summed E-state index contributed by atoms with van der Waals surface area (Å²) in [5.41, 5.74) is 1.71. The van der Waals surface area contributed by atoms with Crippen molar-refractivity contribution in [1.29, 1.82) is 0 Å². The molecule has 0 bridgehead atoms. The van der Waals surface area contributed by atoms with Crippen molar-refractivity contribution < 1.29 is 14.0 Å². The molecule has 0 unspecified atom stereocenters. The first-order valence-corrected chi connectivity index (χ1v) is 8.19. The maximum atomic E-state index is 14.2. The van der Waals surface area contributed by atoms with Crippen LogP contribution in [0.25, 0.3) is 0 Å². The molecule has 0 N–H and O–H groups in total. The molecule has 110 valence electrons. The van der Waals surface area contributed by atoms with Crippen molar-refractivity contribution >= 4 is 45.0 Å². The number of carbonyl (C=O) groups is 2. The van der Waals surface area contributed by atoms with E-state index in [4.69, 9.17) is 11.6 Å². The lowest BCUT2D eigenvalue weighted by Gasteiger charge is -2.17.